The molecule has 2 aromatic heterocycles. The van der Waals surface area contributed by atoms with Gasteiger partial charge in [0.25, 0.3) is 17.2 Å². The van der Waals surface area contributed by atoms with E-state index in [0.29, 0.717) is 28.8 Å². The molecule has 0 bridgehead atoms. The third kappa shape index (κ3) is 5.38. The number of fused-ring (bicyclic) bond motifs is 1. The molecule has 0 saturated heterocycles. The fraction of sp³-hybridized carbons (Fsp3) is 0.174. The fourth-order valence-electron chi connectivity index (χ4n) is 3.48. The van der Waals surface area contributed by atoms with Crippen molar-refractivity contribution >= 4 is 34.2 Å². The summed E-state index contributed by atoms with van der Waals surface area (Å²) < 4.78 is 2.94. The second-order valence-corrected chi connectivity index (χ2v) is 7.72. The number of amides is 2. The lowest BCUT2D eigenvalue weighted by molar-refractivity contribution is -0.384. The second kappa shape index (κ2) is 9.95. The zero-order chi connectivity index (χ0) is 24.9. The van der Waals surface area contributed by atoms with Crippen molar-refractivity contribution in [2.75, 3.05) is 11.9 Å². The molecule has 0 radical (unpaired) electrons. The second-order valence-electron chi connectivity index (χ2n) is 7.72. The third-order valence-electron chi connectivity index (χ3n) is 5.20. The molecule has 12 heteroatoms. The summed E-state index contributed by atoms with van der Waals surface area (Å²) in [7, 11) is 0. The van der Waals surface area contributed by atoms with E-state index in [0.717, 1.165) is 5.56 Å². The molecule has 0 aliphatic carbocycles. The number of aromatic nitrogens is 4. The molecule has 4 rings (SSSR count). The molecule has 2 aromatic carbocycles. The largest absolute Gasteiger partial charge is 0.350 e. The van der Waals surface area contributed by atoms with Gasteiger partial charge >= 0.3 is 0 Å². The average Bonchev–Trinajstić information content (AvgIpc) is 3.25. The Morgan fingerprint density at radius 1 is 1.09 bits per heavy atom. The average molecular weight is 475 g/mol. The third-order valence-corrected chi connectivity index (χ3v) is 5.20. The minimum absolute atomic E-state index is 0.0231. The van der Waals surface area contributed by atoms with Crippen LogP contribution in [0.15, 0.2) is 65.8 Å². The van der Waals surface area contributed by atoms with Crippen LogP contribution < -0.4 is 16.2 Å². The number of carbonyl (C=O) groups excluding carboxylic acids is 2. The minimum atomic E-state index is -0.482. The molecular formula is C23H21N7O5. The first-order valence-corrected chi connectivity index (χ1v) is 10.6. The quantitative estimate of drug-likeness (QED) is 0.291. The van der Waals surface area contributed by atoms with Gasteiger partial charge in [-0.1, -0.05) is 12.1 Å². The number of non-ortho nitro benzene ring substituents is 1. The van der Waals surface area contributed by atoms with Crippen molar-refractivity contribution in [2.24, 2.45) is 0 Å². The van der Waals surface area contributed by atoms with Crippen LogP contribution in [-0.4, -0.2) is 42.6 Å². The van der Waals surface area contributed by atoms with Crippen LogP contribution in [-0.2, 0) is 17.9 Å². The molecule has 0 spiro atoms. The first-order chi connectivity index (χ1) is 16.8. The van der Waals surface area contributed by atoms with Gasteiger partial charge in [-0.3, -0.25) is 29.1 Å². The number of anilines is 1. The molecule has 2 heterocycles. The van der Waals surface area contributed by atoms with Gasteiger partial charge in [-0.05, 0) is 29.8 Å². The van der Waals surface area contributed by atoms with E-state index in [4.69, 9.17) is 0 Å². The number of rotatable bonds is 8. The predicted molar refractivity (Wildman–Crippen MR) is 127 cm³/mol. The van der Waals surface area contributed by atoms with Crippen molar-refractivity contribution in [1.29, 1.82) is 0 Å². The Labute approximate surface area is 198 Å². The Hall–Kier alpha value is -4.87. The van der Waals surface area contributed by atoms with Crippen molar-refractivity contribution in [3.8, 4) is 0 Å². The van der Waals surface area contributed by atoms with Gasteiger partial charge in [-0.15, -0.1) is 0 Å². The lowest BCUT2D eigenvalue weighted by Crippen LogP contribution is -2.27. The van der Waals surface area contributed by atoms with Crippen molar-refractivity contribution in [3.63, 3.8) is 0 Å². The van der Waals surface area contributed by atoms with E-state index < -0.39 is 4.92 Å². The zero-order valence-corrected chi connectivity index (χ0v) is 18.7. The van der Waals surface area contributed by atoms with Crippen LogP contribution in [0.5, 0.6) is 0 Å². The summed E-state index contributed by atoms with van der Waals surface area (Å²) in [6, 6.07) is 12.5. The normalized spacial score (nSPS) is 10.8. The van der Waals surface area contributed by atoms with Gasteiger partial charge in [-0.25, -0.2) is 9.67 Å². The highest BCUT2D eigenvalue weighted by atomic mass is 16.6. The van der Waals surface area contributed by atoms with Crippen molar-refractivity contribution in [1.82, 2.24) is 24.6 Å². The number of carbonyl (C=O) groups is 2. The first-order valence-electron chi connectivity index (χ1n) is 10.6. The van der Waals surface area contributed by atoms with Crippen molar-refractivity contribution in [3.05, 3.63) is 92.7 Å². The molecule has 2 N–H and O–H groups in total. The van der Waals surface area contributed by atoms with E-state index in [2.05, 4.69) is 20.7 Å². The fourth-order valence-corrected chi connectivity index (χ4v) is 3.48. The number of nitro benzene ring substituents is 1. The van der Waals surface area contributed by atoms with Crippen LogP contribution in [0.3, 0.4) is 0 Å². The predicted octanol–water partition coefficient (Wildman–Crippen LogP) is 1.94. The van der Waals surface area contributed by atoms with Gasteiger partial charge in [0.1, 0.15) is 11.7 Å². The van der Waals surface area contributed by atoms with Crippen LogP contribution >= 0.6 is 0 Å². The van der Waals surface area contributed by atoms with Crippen LogP contribution in [0.4, 0.5) is 11.4 Å². The van der Waals surface area contributed by atoms with Crippen LogP contribution in [0.25, 0.3) is 11.0 Å². The molecule has 4 aromatic rings. The van der Waals surface area contributed by atoms with E-state index in [1.807, 2.05) is 0 Å². The lowest BCUT2D eigenvalue weighted by Gasteiger charge is -2.08. The summed E-state index contributed by atoms with van der Waals surface area (Å²) in [6.07, 6.45) is 2.83. The van der Waals surface area contributed by atoms with Gasteiger partial charge in [-0.2, -0.15) is 5.10 Å². The van der Waals surface area contributed by atoms with E-state index in [1.165, 1.54) is 40.8 Å². The number of hydrogen-bond donors (Lipinski definition) is 2. The molecule has 178 valence electrons. The van der Waals surface area contributed by atoms with E-state index >= 15 is 0 Å². The van der Waals surface area contributed by atoms with Crippen LogP contribution in [0.2, 0.25) is 0 Å². The van der Waals surface area contributed by atoms with E-state index in [1.54, 1.807) is 36.4 Å². The van der Waals surface area contributed by atoms with Crippen LogP contribution in [0.1, 0.15) is 22.8 Å². The Bertz CT molecular complexity index is 1460. The molecule has 0 fully saturated rings. The van der Waals surface area contributed by atoms with Gasteiger partial charge in [0.15, 0.2) is 5.65 Å². The number of hydrogen-bond acceptors (Lipinski definition) is 7. The zero-order valence-electron chi connectivity index (χ0n) is 18.7. The monoisotopic (exact) mass is 475 g/mol. The molecule has 2 amide bonds. The standard InChI is InChI=1S/C23H21N7O5/c1-15(31)27-18-6-4-17(5-7-18)22(32)24-10-11-29-21-20(12-26-29)23(33)28(14-25-21)13-16-2-8-19(9-3-16)30(34)35/h2-9,12,14H,10-11,13H2,1H3,(H,24,32)(H,27,31). The number of benzene rings is 2. The molecule has 0 aliphatic heterocycles. The first kappa shape index (κ1) is 23.3. The maximum absolute atomic E-state index is 12.8. The van der Waals surface area contributed by atoms with Crippen molar-refractivity contribution < 1.29 is 14.5 Å². The highest BCUT2D eigenvalue weighted by Gasteiger charge is 2.12. The maximum Gasteiger partial charge on any atom is 0.269 e. The summed E-state index contributed by atoms with van der Waals surface area (Å²) in [5.41, 5.74) is 1.84. The lowest BCUT2D eigenvalue weighted by atomic mass is 10.2. The van der Waals surface area contributed by atoms with Crippen LogP contribution in [0, 0.1) is 10.1 Å². The SMILES string of the molecule is CC(=O)Nc1ccc(C(=O)NCCn2ncc3c(=O)n(Cc4ccc([N+](=O)[O-])cc4)cnc32)cc1. The summed E-state index contributed by atoms with van der Waals surface area (Å²) in [5.74, 6) is -0.477. The van der Waals surface area contributed by atoms with E-state index in [-0.39, 0.29) is 36.2 Å². The Morgan fingerprint density at radius 2 is 1.80 bits per heavy atom. The van der Waals surface area contributed by atoms with Crippen molar-refractivity contribution in [2.45, 2.75) is 20.0 Å². The molecular weight excluding hydrogens is 454 g/mol. The van der Waals surface area contributed by atoms with Gasteiger partial charge in [0.2, 0.25) is 5.91 Å². The summed E-state index contributed by atoms with van der Waals surface area (Å²) >= 11 is 0. The molecule has 0 atom stereocenters. The highest BCUT2D eigenvalue weighted by molar-refractivity contribution is 5.95. The van der Waals surface area contributed by atoms with E-state index in [9.17, 15) is 24.5 Å². The molecule has 0 unspecified atom stereocenters. The Morgan fingerprint density at radius 3 is 2.46 bits per heavy atom. The number of nitro groups is 1. The minimum Gasteiger partial charge on any atom is -0.350 e. The summed E-state index contributed by atoms with van der Waals surface area (Å²) in [5, 5.41) is 20.8. The number of nitrogens with one attached hydrogen (secondary N) is 2. The molecule has 12 nitrogen and oxygen atoms in total. The maximum atomic E-state index is 12.8. The highest BCUT2D eigenvalue weighted by Crippen LogP contribution is 2.13. The van der Waals surface area contributed by atoms with Gasteiger partial charge < -0.3 is 10.6 Å². The van der Waals surface area contributed by atoms with Gasteiger partial charge in [0, 0.05) is 36.9 Å². The van der Waals surface area contributed by atoms with Gasteiger partial charge in [0.05, 0.1) is 24.2 Å². The summed E-state index contributed by atoms with van der Waals surface area (Å²) in [6.45, 7) is 2.18. The molecule has 0 saturated carbocycles. The summed E-state index contributed by atoms with van der Waals surface area (Å²) in [4.78, 5) is 51.0. The molecule has 0 aliphatic rings. The Balaban J connectivity index is 1.39. The molecule has 35 heavy (non-hydrogen) atoms. The smallest absolute Gasteiger partial charge is 0.269 e. The topological polar surface area (TPSA) is 154 Å². The Kier molecular flexibility index (Phi) is 6.62. The number of nitrogens with zero attached hydrogens (tertiary/aromatic N) is 5.